The number of carbonyl (C=O) groups excluding carboxylic acids is 1. The van der Waals surface area contributed by atoms with E-state index in [0.717, 1.165) is 22.5 Å². The van der Waals surface area contributed by atoms with Crippen LogP contribution in [0.5, 0.6) is 0 Å². The van der Waals surface area contributed by atoms with E-state index < -0.39 is 0 Å². The Morgan fingerprint density at radius 1 is 1.13 bits per heavy atom. The van der Waals surface area contributed by atoms with Gasteiger partial charge in [-0.15, -0.1) is 11.3 Å². The van der Waals surface area contributed by atoms with Gasteiger partial charge in [-0.1, -0.05) is 50.6 Å². The minimum atomic E-state index is -0.240. The molecule has 30 heavy (non-hydrogen) atoms. The highest BCUT2D eigenvalue weighted by molar-refractivity contribution is 7.14. The lowest BCUT2D eigenvalue weighted by molar-refractivity contribution is -0.115. The van der Waals surface area contributed by atoms with Gasteiger partial charge in [0.25, 0.3) is 0 Å². The molecule has 0 spiro atoms. The molecule has 1 N–H and O–H groups in total. The first-order valence-electron chi connectivity index (χ1n) is 9.96. The maximum absolute atomic E-state index is 13.3. The molecular formula is C24H28FN3OS. The maximum atomic E-state index is 13.3. The van der Waals surface area contributed by atoms with Crippen LogP contribution in [0.3, 0.4) is 0 Å². The average molecular weight is 426 g/mol. The van der Waals surface area contributed by atoms with Crippen LogP contribution >= 0.6 is 11.3 Å². The molecule has 0 aliphatic heterocycles. The number of nitrogens with one attached hydrogen (secondary N) is 1. The number of nitrogens with zero attached hydrogens (tertiary/aromatic N) is 2. The first-order chi connectivity index (χ1) is 14.1. The molecule has 0 bridgehead atoms. The van der Waals surface area contributed by atoms with Crippen molar-refractivity contribution in [1.82, 2.24) is 10.3 Å². The van der Waals surface area contributed by atoms with E-state index in [1.165, 1.54) is 23.5 Å². The quantitative estimate of drug-likeness (QED) is 0.515. The minimum Gasteiger partial charge on any atom is -0.304 e. The van der Waals surface area contributed by atoms with Crippen LogP contribution in [0, 0.1) is 18.2 Å². The number of rotatable bonds is 6. The Balaban J connectivity index is 1.78. The number of thiazole rings is 1. The van der Waals surface area contributed by atoms with Crippen LogP contribution in [0.4, 0.5) is 15.2 Å². The van der Waals surface area contributed by atoms with Crippen molar-refractivity contribution >= 4 is 28.1 Å². The summed E-state index contributed by atoms with van der Waals surface area (Å²) >= 11 is 1.45. The van der Waals surface area contributed by atoms with E-state index in [2.05, 4.69) is 26.1 Å². The van der Waals surface area contributed by atoms with Gasteiger partial charge in [-0.2, -0.15) is 0 Å². The number of anilines is 2. The van der Waals surface area contributed by atoms with E-state index in [4.69, 9.17) is 4.98 Å². The van der Waals surface area contributed by atoms with Crippen molar-refractivity contribution in [2.24, 2.45) is 5.41 Å². The molecule has 1 heterocycles. The Kier molecular flexibility index (Phi) is 6.68. The zero-order valence-electron chi connectivity index (χ0n) is 18.1. The van der Waals surface area contributed by atoms with Gasteiger partial charge in [0.15, 0.2) is 5.13 Å². The van der Waals surface area contributed by atoms with Crippen LogP contribution in [0.2, 0.25) is 0 Å². The lowest BCUT2D eigenvalue weighted by Gasteiger charge is -2.32. The summed E-state index contributed by atoms with van der Waals surface area (Å²) in [7, 11) is 0. The van der Waals surface area contributed by atoms with Gasteiger partial charge in [-0.25, -0.2) is 9.37 Å². The lowest BCUT2D eigenvalue weighted by Crippen LogP contribution is -2.32. The van der Waals surface area contributed by atoms with Crippen molar-refractivity contribution in [2.45, 2.75) is 47.2 Å². The van der Waals surface area contributed by atoms with Gasteiger partial charge in [0.05, 0.1) is 11.4 Å². The summed E-state index contributed by atoms with van der Waals surface area (Å²) in [5, 5.41) is 6.18. The molecule has 0 saturated heterocycles. The molecule has 1 aromatic heterocycles. The molecule has 1 unspecified atom stereocenters. The number of benzene rings is 2. The molecule has 6 heteroatoms. The van der Waals surface area contributed by atoms with Crippen LogP contribution in [0.15, 0.2) is 53.9 Å². The van der Waals surface area contributed by atoms with Crippen molar-refractivity contribution in [3.05, 3.63) is 76.5 Å². The van der Waals surface area contributed by atoms with E-state index >= 15 is 0 Å². The molecule has 0 aliphatic rings. The van der Waals surface area contributed by atoms with Crippen LogP contribution in [0.25, 0.3) is 0 Å². The molecule has 2 aromatic carbocycles. The third kappa shape index (κ3) is 5.32. The van der Waals surface area contributed by atoms with Gasteiger partial charge >= 0.3 is 0 Å². The standard InChI is InChI=1S/C24H28FN3OS/c1-16-6-12-21(13-7-16)28(17(2)29)23-27-20(15-30-23)14-26-22(24(3,4)5)18-8-10-19(25)11-9-18/h6-13,15,22,26H,14H2,1-5H3. The number of aryl methyl sites for hydroxylation is 1. The summed E-state index contributed by atoms with van der Waals surface area (Å²) in [6.07, 6.45) is 0. The number of carbonyl (C=O) groups is 1. The van der Waals surface area contributed by atoms with Gasteiger partial charge in [0.1, 0.15) is 5.82 Å². The van der Waals surface area contributed by atoms with Gasteiger partial charge in [0, 0.05) is 24.9 Å². The topological polar surface area (TPSA) is 45.2 Å². The molecule has 1 atom stereocenters. The van der Waals surface area contributed by atoms with Crippen molar-refractivity contribution in [1.29, 1.82) is 0 Å². The van der Waals surface area contributed by atoms with Gasteiger partial charge in [-0.05, 0) is 42.2 Å². The van der Waals surface area contributed by atoms with E-state index in [9.17, 15) is 9.18 Å². The summed E-state index contributed by atoms with van der Waals surface area (Å²) in [4.78, 5) is 18.6. The predicted molar refractivity (Wildman–Crippen MR) is 122 cm³/mol. The molecule has 1 amide bonds. The molecule has 0 radical (unpaired) electrons. The molecule has 0 saturated carbocycles. The van der Waals surface area contributed by atoms with E-state index in [-0.39, 0.29) is 23.2 Å². The van der Waals surface area contributed by atoms with Crippen LogP contribution in [-0.2, 0) is 11.3 Å². The minimum absolute atomic E-state index is 0.0317. The normalized spacial score (nSPS) is 12.6. The largest absolute Gasteiger partial charge is 0.304 e. The van der Waals surface area contributed by atoms with Crippen LogP contribution in [0.1, 0.15) is 50.6 Å². The number of hydrogen-bond donors (Lipinski definition) is 1. The molecule has 158 valence electrons. The van der Waals surface area contributed by atoms with Crippen LogP contribution in [-0.4, -0.2) is 10.9 Å². The number of hydrogen-bond acceptors (Lipinski definition) is 4. The number of aromatic nitrogens is 1. The Morgan fingerprint density at radius 3 is 2.33 bits per heavy atom. The number of amides is 1. The smallest absolute Gasteiger partial charge is 0.230 e. The lowest BCUT2D eigenvalue weighted by atomic mass is 9.82. The molecule has 0 fully saturated rings. The van der Waals surface area contributed by atoms with Crippen molar-refractivity contribution in [2.75, 3.05) is 4.90 Å². The average Bonchev–Trinajstić information content (AvgIpc) is 3.12. The monoisotopic (exact) mass is 425 g/mol. The summed E-state index contributed by atoms with van der Waals surface area (Å²) in [5.41, 5.74) is 3.78. The molecule has 3 aromatic rings. The summed E-state index contributed by atoms with van der Waals surface area (Å²) in [6.45, 7) is 10.6. The van der Waals surface area contributed by atoms with Gasteiger partial charge in [0.2, 0.25) is 5.91 Å². The third-order valence-electron chi connectivity index (χ3n) is 4.89. The molecule has 3 rings (SSSR count). The SMILES string of the molecule is CC(=O)N(c1ccc(C)cc1)c1nc(CNC(c2ccc(F)cc2)C(C)(C)C)cs1. The van der Waals surface area contributed by atoms with Crippen molar-refractivity contribution < 1.29 is 9.18 Å². The second-order valence-electron chi connectivity index (χ2n) is 8.54. The first kappa shape index (κ1) is 22.1. The predicted octanol–water partition coefficient (Wildman–Crippen LogP) is 6.15. The van der Waals surface area contributed by atoms with Crippen molar-refractivity contribution in [3.8, 4) is 0 Å². The Morgan fingerprint density at radius 2 is 1.77 bits per heavy atom. The highest BCUT2D eigenvalue weighted by Crippen LogP contribution is 2.34. The van der Waals surface area contributed by atoms with Gasteiger partial charge in [-0.3, -0.25) is 9.69 Å². The van der Waals surface area contributed by atoms with Crippen LogP contribution < -0.4 is 10.2 Å². The fraction of sp³-hybridized carbons (Fsp3) is 0.333. The fourth-order valence-electron chi connectivity index (χ4n) is 3.39. The zero-order valence-corrected chi connectivity index (χ0v) is 18.9. The van der Waals surface area contributed by atoms with E-state index in [1.54, 1.807) is 11.8 Å². The molecule has 4 nitrogen and oxygen atoms in total. The summed E-state index contributed by atoms with van der Waals surface area (Å²) < 4.78 is 13.3. The molecule has 0 aliphatic carbocycles. The highest BCUT2D eigenvalue weighted by Gasteiger charge is 2.26. The van der Waals surface area contributed by atoms with Gasteiger partial charge < -0.3 is 5.32 Å². The Bertz CT molecular complexity index is 991. The maximum Gasteiger partial charge on any atom is 0.230 e. The Hall–Kier alpha value is -2.57. The second-order valence-corrected chi connectivity index (χ2v) is 9.38. The summed E-state index contributed by atoms with van der Waals surface area (Å²) in [6, 6.07) is 14.5. The second kappa shape index (κ2) is 9.06. The molecular weight excluding hydrogens is 397 g/mol. The zero-order chi connectivity index (χ0) is 21.9. The third-order valence-corrected chi connectivity index (χ3v) is 5.77. The number of halogens is 1. The Labute approximate surface area is 181 Å². The van der Waals surface area contributed by atoms with E-state index in [1.807, 2.05) is 48.7 Å². The van der Waals surface area contributed by atoms with Crippen molar-refractivity contribution in [3.63, 3.8) is 0 Å². The summed E-state index contributed by atoms with van der Waals surface area (Å²) in [5.74, 6) is -0.317. The first-order valence-corrected chi connectivity index (χ1v) is 10.8. The highest BCUT2D eigenvalue weighted by atomic mass is 32.1. The van der Waals surface area contributed by atoms with E-state index in [0.29, 0.717) is 11.7 Å². The fourth-order valence-corrected chi connectivity index (χ4v) is 4.27.